The van der Waals surface area contributed by atoms with Crippen LogP contribution in [0.25, 0.3) is 0 Å². The van der Waals surface area contributed by atoms with E-state index in [0.717, 1.165) is 10.0 Å². The highest BCUT2D eigenvalue weighted by Crippen LogP contribution is 2.17. The predicted molar refractivity (Wildman–Crippen MR) is 62.4 cm³/mol. The average molecular weight is 278 g/mol. The first-order valence-electron chi connectivity index (χ1n) is 4.52. The van der Waals surface area contributed by atoms with Gasteiger partial charge in [0.25, 0.3) is 0 Å². The summed E-state index contributed by atoms with van der Waals surface area (Å²) in [7, 11) is 0. The van der Waals surface area contributed by atoms with Crippen LogP contribution in [0.4, 0.5) is 5.82 Å². The van der Waals surface area contributed by atoms with Crippen molar-refractivity contribution in [3.8, 4) is 6.07 Å². The molecule has 2 aromatic heterocycles. The van der Waals surface area contributed by atoms with Crippen LogP contribution in [0.5, 0.6) is 0 Å². The first-order chi connectivity index (χ1) is 7.69. The topological polar surface area (TPSA) is 80.5 Å². The van der Waals surface area contributed by atoms with Crippen molar-refractivity contribution in [1.29, 1.82) is 5.26 Å². The Bertz CT molecular complexity index is 535. The molecule has 6 heteroatoms. The summed E-state index contributed by atoms with van der Waals surface area (Å²) in [6, 6.07) is 5.56. The van der Waals surface area contributed by atoms with Gasteiger partial charge in [-0.15, -0.1) is 0 Å². The number of hydrogen-bond donors (Lipinski definition) is 1. The Kier molecular flexibility index (Phi) is 2.88. The van der Waals surface area contributed by atoms with Crippen LogP contribution in [0, 0.1) is 11.3 Å². The van der Waals surface area contributed by atoms with Gasteiger partial charge < -0.3 is 5.73 Å². The van der Waals surface area contributed by atoms with Crippen molar-refractivity contribution in [2.45, 2.75) is 6.54 Å². The van der Waals surface area contributed by atoms with E-state index in [9.17, 15) is 0 Å². The van der Waals surface area contributed by atoms with Gasteiger partial charge in [-0.25, -0.2) is 4.98 Å². The van der Waals surface area contributed by atoms with Crippen molar-refractivity contribution in [3.05, 3.63) is 40.3 Å². The summed E-state index contributed by atoms with van der Waals surface area (Å²) in [6.45, 7) is 0.562. The van der Waals surface area contributed by atoms with Gasteiger partial charge in [0, 0.05) is 12.4 Å². The second-order valence-electron chi connectivity index (χ2n) is 3.22. The van der Waals surface area contributed by atoms with Crippen molar-refractivity contribution in [1.82, 2.24) is 14.8 Å². The Morgan fingerprint density at radius 1 is 1.56 bits per heavy atom. The van der Waals surface area contributed by atoms with Gasteiger partial charge in [-0.2, -0.15) is 10.4 Å². The molecule has 0 amide bonds. The summed E-state index contributed by atoms with van der Waals surface area (Å²) in [5.74, 6) is 0.453. The van der Waals surface area contributed by atoms with E-state index in [2.05, 4.69) is 26.0 Å². The molecule has 0 atom stereocenters. The fourth-order valence-corrected chi connectivity index (χ4v) is 1.63. The Hall–Kier alpha value is -1.87. The van der Waals surface area contributed by atoms with E-state index in [0.29, 0.717) is 18.1 Å². The summed E-state index contributed by atoms with van der Waals surface area (Å²) in [4.78, 5) is 3.90. The minimum atomic E-state index is 0.400. The second-order valence-corrected chi connectivity index (χ2v) is 4.08. The lowest BCUT2D eigenvalue weighted by Crippen LogP contribution is -2.01. The van der Waals surface area contributed by atoms with Crippen LogP contribution in [-0.2, 0) is 6.54 Å². The molecule has 2 N–H and O–H groups in total. The maximum Gasteiger partial charge on any atom is 0.159 e. The van der Waals surface area contributed by atoms with E-state index >= 15 is 0 Å². The van der Waals surface area contributed by atoms with Gasteiger partial charge in [-0.05, 0) is 33.6 Å². The lowest BCUT2D eigenvalue weighted by atomic mass is 10.2. The van der Waals surface area contributed by atoms with E-state index in [1.807, 2.05) is 12.1 Å². The van der Waals surface area contributed by atoms with Crippen LogP contribution < -0.4 is 5.73 Å². The van der Waals surface area contributed by atoms with E-state index in [4.69, 9.17) is 11.0 Å². The van der Waals surface area contributed by atoms with Crippen LogP contribution in [-0.4, -0.2) is 14.8 Å². The van der Waals surface area contributed by atoms with Crippen molar-refractivity contribution in [3.63, 3.8) is 0 Å². The Labute approximate surface area is 101 Å². The quantitative estimate of drug-likeness (QED) is 0.903. The molecule has 0 aromatic carbocycles. The normalized spacial score (nSPS) is 10.0. The highest BCUT2D eigenvalue weighted by atomic mass is 79.9. The number of nitrogen functional groups attached to an aromatic ring is 1. The first-order valence-corrected chi connectivity index (χ1v) is 5.32. The predicted octanol–water partition coefficient (Wildman–Crippen LogP) is 1.54. The number of anilines is 1. The van der Waals surface area contributed by atoms with Crippen molar-refractivity contribution in [2.24, 2.45) is 0 Å². The highest BCUT2D eigenvalue weighted by Gasteiger charge is 2.03. The summed E-state index contributed by atoms with van der Waals surface area (Å²) in [6.07, 6.45) is 3.40. The van der Waals surface area contributed by atoms with E-state index < -0.39 is 0 Å². The number of pyridine rings is 1. The smallest absolute Gasteiger partial charge is 0.159 e. The number of aromatic nitrogens is 3. The molecule has 0 aliphatic heterocycles. The zero-order valence-corrected chi connectivity index (χ0v) is 9.85. The molecule has 0 radical (unpaired) electrons. The van der Waals surface area contributed by atoms with Crippen LogP contribution in [0.1, 0.15) is 11.3 Å². The molecule has 16 heavy (non-hydrogen) atoms. The zero-order valence-electron chi connectivity index (χ0n) is 8.26. The Morgan fingerprint density at radius 3 is 3.00 bits per heavy atom. The van der Waals surface area contributed by atoms with Crippen LogP contribution in [0.15, 0.2) is 29.0 Å². The van der Waals surface area contributed by atoms with Gasteiger partial charge in [0.1, 0.15) is 11.8 Å². The molecule has 5 nitrogen and oxygen atoms in total. The molecule has 2 aromatic rings. The number of nitriles is 1. The summed E-state index contributed by atoms with van der Waals surface area (Å²) in [5.41, 5.74) is 6.97. The van der Waals surface area contributed by atoms with Crippen LogP contribution in [0.3, 0.4) is 0 Å². The third kappa shape index (κ3) is 2.20. The molecule has 0 aliphatic rings. The van der Waals surface area contributed by atoms with Gasteiger partial charge in [-0.1, -0.05) is 0 Å². The summed E-state index contributed by atoms with van der Waals surface area (Å²) < 4.78 is 2.47. The van der Waals surface area contributed by atoms with Gasteiger partial charge in [0.05, 0.1) is 11.0 Å². The van der Waals surface area contributed by atoms with E-state index in [-0.39, 0.29) is 0 Å². The zero-order chi connectivity index (χ0) is 11.5. The molecule has 0 spiro atoms. The lowest BCUT2D eigenvalue weighted by molar-refractivity contribution is 0.689. The lowest BCUT2D eigenvalue weighted by Gasteiger charge is -2.01. The van der Waals surface area contributed by atoms with E-state index in [1.165, 1.54) is 0 Å². The fraction of sp³-hybridized carbons (Fsp3) is 0.100. The SMILES string of the molecule is N#Cc1cc(Cn2cc(Br)c(N)n2)ccn1. The summed E-state index contributed by atoms with van der Waals surface area (Å²) in [5, 5.41) is 12.8. The molecule has 0 saturated carbocycles. The van der Waals surface area contributed by atoms with Crippen molar-refractivity contribution >= 4 is 21.7 Å². The monoisotopic (exact) mass is 277 g/mol. The van der Waals surface area contributed by atoms with Gasteiger partial charge >= 0.3 is 0 Å². The first kappa shape index (κ1) is 10.6. The maximum atomic E-state index is 8.71. The number of nitrogens with two attached hydrogens (primary N) is 1. The number of halogens is 1. The fourth-order valence-electron chi connectivity index (χ4n) is 1.31. The minimum absolute atomic E-state index is 0.400. The van der Waals surface area contributed by atoms with Gasteiger partial charge in [-0.3, -0.25) is 4.68 Å². The van der Waals surface area contributed by atoms with Gasteiger partial charge in [0.2, 0.25) is 0 Å². The molecule has 0 unspecified atom stereocenters. The third-order valence-electron chi connectivity index (χ3n) is 2.03. The van der Waals surface area contributed by atoms with Crippen molar-refractivity contribution in [2.75, 3.05) is 5.73 Å². The maximum absolute atomic E-state index is 8.71. The molecule has 0 saturated heterocycles. The molecule has 0 aliphatic carbocycles. The summed E-state index contributed by atoms with van der Waals surface area (Å²) >= 11 is 3.28. The number of rotatable bonds is 2. The standard InChI is InChI=1S/C10H8BrN5/c11-9-6-16(15-10(9)13)5-7-1-2-14-8(3-7)4-12/h1-3,6H,5H2,(H2,13,15). The minimum Gasteiger partial charge on any atom is -0.381 e. The highest BCUT2D eigenvalue weighted by molar-refractivity contribution is 9.10. The number of nitrogens with zero attached hydrogens (tertiary/aromatic N) is 4. The molecule has 2 heterocycles. The Balaban J connectivity index is 2.24. The van der Waals surface area contributed by atoms with Crippen LogP contribution >= 0.6 is 15.9 Å². The molecule has 80 valence electrons. The molecule has 0 fully saturated rings. The number of hydrogen-bond acceptors (Lipinski definition) is 4. The molecule has 2 rings (SSSR count). The van der Waals surface area contributed by atoms with Crippen LogP contribution in [0.2, 0.25) is 0 Å². The Morgan fingerprint density at radius 2 is 2.38 bits per heavy atom. The third-order valence-corrected chi connectivity index (χ3v) is 2.64. The molecular weight excluding hydrogens is 270 g/mol. The van der Waals surface area contributed by atoms with E-state index in [1.54, 1.807) is 23.1 Å². The molecule has 0 bridgehead atoms. The average Bonchev–Trinajstić information content (AvgIpc) is 2.58. The largest absolute Gasteiger partial charge is 0.381 e. The van der Waals surface area contributed by atoms with Gasteiger partial charge in [0.15, 0.2) is 5.82 Å². The second kappa shape index (κ2) is 4.33. The van der Waals surface area contributed by atoms with Crippen molar-refractivity contribution < 1.29 is 0 Å². The molecular formula is C10H8BrN5.